The van der Waals surface area contributed by atoms with Gasteiger partial charge in [0.1, 0.15) is 10.4 Å². The summed E-state index contributed by atoms with van der Waals surface area (Å²) in [4.78, 5) is 21.2. The number of benzene rings is 1. The fraction of sp³-hybridized carbons (Fsp3) is 0.333. The second kappa shape index (κ2) is 10.3. The molecular weight excluding hydrogens is 458 g/mol. The average Bonchev–Trinajstić information content (AvgIpc) is 3.26. The molecule has 0 amide bonds. The Morgan fingerprint density at radius 2 is 1.89 bits per heavy atom. The summed E-state index contributed by atoms with van der Waals surface area (Å²) < 4.78 is 17.4. The molecule has 1 unspecified atom stereocenters. The quantitative estimate of drug-likeness (QED) is 0.256. The van der Waals surface area contributed by atoms with Gasteiger partial charge in [-0.1, -0.05) is 37.6 Å². The Morgan fingerprint density at radius 3 is 2.60 bits per heavy atom. The number of ketones is 1. The monoisotopic (exact) mass is 489 g/mol. The number of aromatic nitrogens is 4. The first-order valence-electron chi connectivity index (χ1n) is 11.8. The van der Waals surface area contributed by atoms with Crippen molar-refractivity contribution in [1.29, 1.82) is 0 Å². The fourth-order valence-corrected chi connectivity index (χ4v) is 4.62. The molecule has 0 bridgehead atoms. The molecule has 0 spiro atoms. The van der Waals surface area contributed by atoms with Crippen LogP contribution in [0.4, 0.5) is 0 Å². The highest BCUT2D eigenvalue weighted by Crippen LogP contribution is 2.28. The van der Waals surface area contributed by atoms with E-state index in [0.29, 0.717) is 11.5 Å². The zero-order valence-electron chi connectivity index (χ0n) is 20.8. The molecular formula is C27H31N5O2S. The smallest absolute Gasteiger partial charge is 0.178 e. The predicted molar refractivity (Wildman–Crippen MR) is 141 cm³/mol. The summed E-state index contributed by atoms with van der Waals surface area (Å²) in [6.07, 6.45) is 3.57. The van der Waals surface area contributed by atoms with Crippen molar-refractivity contribution in [2.24, 2.45) is 0 Å². The van der Waals surface area contributed by atoms with Crippen LogP contribution in [0.2, 0.25) is 0 Å². The number of nitrogens with zero attached hydrogens (tertiary/aromatic N) is 4. The first-order valence-corrected chi connectivity index (χ1v) is 12.9. The van der Waals surface area contributed by atoms with E-state index in [1.165, 1.54) is 6.92 Å². The van der Waals surface area contributed by atoms with Crippen molar-refractivity contribution in [3.05, 3.63) is 72.2 Å². The number of Topliss-reactive ketones (excluding diaryl/α,β-unsaturated/α-hetero) is 1. The van der Waals surface area contributed by atoms with Crippen LogP contribution in [-0.4, -0.2) is 34.8 Å². The Labute approximate surface area is 209 Å². The van der Waals surface area contributed by atoms with Crippen LogP contribution >= 0.6 is 0 Å². The van der Waals surface area contributed by atoms with Gasteiger partial charge in [0.25, 0.3) is 0 Å². The Kier molecular flexibility index (Phi) is 7.35. The van der Waals surface area contributed by atoms with Gasteiger partial charge in [-0.15, -0.1) is 4.72 Å². The molecule has 7 nitrogen and oxygen atoms in total. The summed E-state index contributed by atoms with van der Waals surface area (Å²) in [6.45, 7) is 9.50. The highest BCUT2D eigenvalue weighted by Gasteiger charge is 2.30. The molecule has 1 aromatic carbocycles. The van der Waals surface area contributed by atoms with Crippen molar-refractivity contribution in [2.75, 3.05) is 0 Å². The van der Waals surface area contributed by atoms with Gasteiger partial charge in [-0.2, -0.15) is 5.10 Å². The van der Waals surface area contributed by atoms with E-state index < -0.39 is 11.4 Å². The van der Waals surface area contributed by atoms with Gasteiger partial charge < -0.3 is 4.55 Å². The van der Waals surface area contributed by atoms with E-state index in [-0.39, 0.29) is 16.6 Å². The Bertz CT molecular complexity index is 1340. The number of nitrogens with one attached hydrogen (secondary N) is 1. The highest BCUT2D eigenvalue weighted by molar-refractivity contribution is 7.90. The van der Waals surface area contributed by atoms with Crippen LogP contribution in [-0.2, 0) is 11.4 Å². The van der Waals surface area contributed by atoms with Gasteiger partial charge in [0.2, 0.25) is 0 Å². The standard InChI is InChI=1S/C27H31N5O2S/c1-6-9-24(31-35(34)27(3,4)5)23-12-7-11-22(29-23)19-14-15-20-17-28-32(25(20)16-19)26-13-8-10-21(30-26)18(2)33/h7-8,10-17,24,31H,6,9H2,1-5H3/t24?,35-/m0/s1. The van der Waals surface area contributed by atoms with Crippen molar-refractivity contribution in [2.45, 2.75) is 58.2 Å². The van der Waals surface area contributed by atoms with Gasteiger partial charge in [0, 0.05) is 29.2 Å². The molecule has 4 rings (SSSR count). The number of fused-ring (bicyclic) bond motifs is 1. The minimum absolute atomic E-state index is 0.0901. The third-order valence-electron chi connectivity index (χ3n) is 5.69. The molecule has 182 valence electrons. The molecule has 0 aliphatic carbocycles. The summed E-state index contributed by atoms with van der Waals surface area (Å²) >= 11 is -1.20. The first kappa shape index (κ1) is 25.0. The fourth-order valence-electron chi connectivity index (χ4n) is 3.77. The van der Waals surface area contributed by atoms with Crippen molar-refractivity contribution in [1.82, 2.24) is 24.5 Å². The summed E-state index contributed by atoms with van der Waals surface area (Å²) in [5, 5.41) is 5.47. The molecule has 3 heterocycles. The van der Waals surface area contributed by atoms with Crippen LogP contribution in [0, 0.1) is 0 Å². The molecule has 0 fully saturated rings. The molecule has 0 aliphatic rings. The number of carbonyl (C=O) groups is 1. The van der Waals surface area contributed by atoms with Gasteiger partial charge in [-0.3, -0.25) is 9.78 Å². The van der Waals surface area contributed by atoms with Crippen LogP contribution < -0.4 is 4.72 Å². The van der Waals surface area contributed by atoms with Gasteiger partial charge >= 0.3 is 0 Å². The topological polar surface area (TPSA) is 95.8 Å². The Hall–Kier alpha value is -3.07. The van der Waals surface area contributed by atoms with Crippen molar-refractivity contribution in [3.8, 4) is 17.1 Å². The predicted octanol–water partition coefficient (Wildman–Crippen LogP) is 5.58. The van der Waals surface area contributed by atoms with Crippen LogP contribution in [0.15, 0.2) is 60.8 Å². The Morgan fingerprint density at radius 1 is 1.11 bits per heavy atom. The maximum absolute atomic E-state index is 12.8. The van der Waals surface area contributed by atoms with Crippen molar-refractivity contribution in [3.63, 3.8) is 0 Å². The molecule has 8 heteroatoms. The van der Waals surface area contributed by atoms with Crippen LogP contribution in [0.25, 0.3) is 28.0 Å². The largest absolute Gasteiger partial charge is 0.598 e. The van der Waals surface area contributed by atoms with E-state index in [4.69, 9.17) is 4.98 Å². The van der Waals surface area contributed by atoms with E-state index in [2.05, 4.69) is 21.7 Å². The summed E-state index contributed by atoms with van der Waals surface area (Å²) in [5.74, 6) is 0.496. The van der Waals surface area contributed by atoms with Crippen molar-refractivity contribution >= 4 is 28.0 Å². The van der Waals surface area contributed by atoms with E-state index in [0.717, 1.165) is 40.7 Å². The average molecular weight is 490 g/mol. The third-order valence-corrected chi connectivity index (χ3v) is 7.30. The zero-order chi connectivity index (χ0) is 25.2. The number of hydrogen-bond acceptors (Lipinski definition) is 6. The molecule has 3 aromatic heterocycles. The molecule has 0 aliphatic heterocycles. The molecule has 1 N–H and O–H groups in total. The summed E-state index contributed by atoms with van der Waals surface area (Å²) in [5.41, 5.74) is 3.91. The van der Waals surface area contributed by atoms with Gasteiger partial charge in [-0.05, 0) is 57.5 Å². The minimum atomic E-state index is -1.20. The molecule has 0 radical (unpaired) electrons. The lowest BCUT2D eigenvalue weighted by atomic mass is 10.1. The maximum Gasteiger partial charge on any atom is 0.178 e. The highest BCUT2D eigenvalue weighted by atomic mass is 32.2. The molecule has 0 saturated heterocycles. The van der Waals surface area contributed by atoms with E-state index in [9.17, 15) is 9.35 Å². The van der Waals surface area contributed by atoms with Crippen LogP contribution in [0.1, 0.15) is 69.7 Å². The van der Waals surface area contributed by atoms with Gasteiger partial charge in [0.15, 0.2) is 11.6 Å². The first-order chi connectivity index (χ1) is 16.7. The van der Waals surface area contributed by atoms with E-state index in [1.807, 2.05) is 69.3 Å². The molecule has 0 saturated carbocycles. The van der Waals surface area contributed by atoms with E-state index >= 15 is 0 Å². The minimum Gasteiger partial charge on any atom is -0.598 e. The molecule has 4 aromatic rings. The second-order valence-electron chi connectivity index (χ2n) is 9.56. The van der Waals surface area contributed by atoms with E-state index in [1.54, 1.807) is 16.9 Å². The number of pyridine rings is 2. The van der Waals surface area contributed by atoms with Crippen molar-refractivity contribution < 1.29 is 9.35 Å². The number of rotatable bonds is 8. The van der Waals surface area contributed by atoms with Gasteiger partial charge in [0.05, 0.1) is 29.1 Å². The third kappa shape index (κ3) is 5.61. The lowest BCUT2D eigenvalue weighted by molar-refractivity contribution is 0.101. The Balaban J connectivity index is 1.71. The summed E-state index contributed by atoms with van der Waals surface area (Å²) in [6, 6.07) is 17.3. The number of carbonyl (C=O) groups excluding carboxylic acids is 1. The van der Waals surface area contributed by atoms with Gasteiger partial charge in [-0.25, -0.2) is 9.67 Å². The number of hydrogen-bond donors (Lipinski definition) is 1. The molecule has 2 atom stereocenters. The SMILES string of the molecule is CCCC(N[S@@+]([O-])C(C)(C)C)c1cccc(-c2ccc3cnn(-c4cccc(C(C)=O)n4)c3c2)n1. The molecule has 35 heavy (non-hydrogen) atoms. The lowest BCUT2D eigenvalue weighted by Crippen LogP contribution is -2.41. The summed E-state index contributed by atoms with van der Waals surface area (Å²) in [7, 11) is 0. The second-order valence-corrected chi connectivity index (χ2v) is 11.6. The van der Waals surface area contributed by atoms with Crippen LogP contribution in [0.3, 0.4) is 0 Å². The lowest BCUT2D eigenvalue weighted by Gasteiger charge is -2.27. The normalized spacial score (nSPS) is 13.7. The zero-order valence-corrected chi connectivity index (χ0v) is 21.6. The van der Waals surface area contributed by atoms with Crippen LogP contribution in [0.5, 0.6) is 0 Å². The maximum atomic E-state index is 12.8.